The molecular formula is C16H18ClNO2S. The zero-order valence-corrected chi connectivity index (χ0v) is 13.4. The van der Waals surface area contributed by atoms with Crippen LogP contribution in [-0.4, -0.2) is 14.2 Å². The molecule has 0 saturated heterocycles. The minimum Gasteiger partial charge on any atom is -0.323 e. The molecule has 5 heteroatoms. The van der Waals surface area contributed by atoms with E-state index in [1.807, 2.05) is 31.2 Å². The highest BCUT2D eigenvalue weighted by molar-refractivity contribution is 7.90. The van der Waals surface area contributed by atoms with Gasteiger partial charge in [0.15, 0.2) is 9.84 Å². The third kappa shape index (κ3) is 4.30. The second-order valence-electron chi connectivity index (χ2n) is 5.11. The van der Waals surface area contributed by atoms with E-state index in [1.54, 1.807) is 24.3 Å². The molecule has 3 nitrogen and oxygen atoms in total. The summed E-state index contributed by atoms with van der Waals surface area (Å²) in [6.07, 6.45) is 0. The second-order valence-corrected chi connectivity index (χ2v) is 7.63. The van der Waals surface area contributed by atoms with Gasteiger partial charge in [-0.2, -0.15) is 0 Å². The monoisotopic (exact) mass is 323 g/mol. The molecule has 2 rings (SSSR count). The van der Waals surface area contributed by atoms with Crippen molar-refractivity contribution < 1.29 is 8.42 Å². The number of sulfone groups is 1. The molecule has 0 amide bonds. The Morgan fingerprint density at radius 2 is 1.71 bits per heavy atom. The Morgan fingerprint density at radius 1 is 1.10 bits per heavy atom. The van der Waals surface area contributed by atoms with Crippen molar-refractivity contribution >= 4 is 21.4 Å². The molecule has 2 aromatic rings. The van der Waals surface area contributed by atoms with E-state index in [1.165, 1.54) is 0 Å². The predicted molar refractivity (Wildman–Crippen MR) is 87.1 cm³/mol. The summed E-state index contributed by atoms with van der Waals surface area (Å²) in [5.74, 6) is -0.185. The molecule has 2 N–H and O–H groups in total. The first-order valence-electron chi connectivity index (χ1n) is 6.64. The number of hydrogen-bond acceptors (Lipinski definition) is 3. The van der Waals surface area contributed by atoms with Gasteiger partial charge in [0.1, 0.15) is 0 Å². The van der Waals surface area contributed by atoms with Crippen LogP contribution in [0.15, 0.2) is 48.5 Å². The number of nitrogens with two attached hydrogens (primary N) is 1. The topological polar surface area (TPSA) is 60.2 Å². The van der Waals surface area contributed by atoms with Gasteiger partial charge in [-0.3, -0.25) is 0 Å². The lowest BCUT2D eigenvalue weighted by Crippen LogP contribution is -2.23. The van der Waals surface area contributed by atoms with Gasteiger partial charge < -0.3 is 5.73 Å². The first-order valence-corrected chi connectivity index (χ1v) is 8.84. The average Bonchev–Trinajstić information content (AvgIpc) is 2.41. The molecule has 0 aliphatic heterocycles. The summed E-state index contributed by atoms with van der Waals surface area (Å²) < 4.78 is 24.6. The SMILES string of the molecule is Cc1ccccc1C(N)CS(=O)(=O)Cc1ccccc1Cl. The lowest BCUT2D eigenvalue weighted by atomic mass is 10.0. The highest BCUT2D eigenvalue weighted by atomic mass is 35.5. The van der Waals surface area contributed by atoms with Gasteiger partial charge in [-0.1, -0.05) is 54.1 Å². The molecule has 1 atom stereocenters. The molecule has 0 saturated carbocycles. The maximum atomic E-state index is 12.3. The summed E-state index contributed by atoms with van der Waals surface area (Å²) in [5, 5.41) is 0.463. The summed E-state index contributed by atoms with van der Waals surface area (Å²) in [6, 6.07) is 14.0. The first-order chi connectivity index (χ1) is 9.89. The summed E-state index contributed by atoms with van der Waals surface area (Å²) in [4.78, 5) is 0. The van der Waals surface area contributed by atoms with Crippen LogP contribution in [0.1, 0.15) is 22.7 Å². The Balaban J connectivity index is 2.15. The molecule has 0 aliphatic carbocycles. The molecule has 0 radical (unpaired) electrons. The summed E-state index contributed by atoms with van der Waals surface area (Å²) >= 11 is 6.01. The molecule has 0 spiro atoms. The molecule has 0 heterocycles. The van der Waals surface area contributed by atoms with Crippen LogP contribution in [0.2, 0.25) is 5.02 Å². The third-order valence-corrected chi connectivity index (χ3v) is 5.34. The molecule has 0 bridgehead atoms. The van der Waals surface area contributed by atoms with Gasteiger partial charge in [0.25, 0.3) is 0 Å². The molecule has 0 aromatic heterocycles. The first kappa shape index (κ1) is 16.0. The van der Waals surface area contributed by atoms with Crippen molar-refractivity contribution in [3.05, 3.63) is 70.2 Å². The van der Waals surface area contributed by atoms with Gasteiger partial charge in [-0.05, 0) is 29.7 Å². The minimum atomic E-state index is -3.33. The quantitative estimate of drug-likeness (QED) is 0.918. The zero-order chi connectivity index (χ0) is 15.5. The maximum Gasteiger partial charge on any atom is 0.156 e. The van der Waals surface area contributed by atoms with Gasteiger partial charge >= 0.3 is 0 Å². The van der Waals surface area contributed by atoms with Gasteiger partial charge in [-0.25, -0.2) is 8.42 Å². The summed E-state index contributed by atoms with van der Waals surface area (Å²) in [5.41, 5.74) is 8.53. The van der Waals surface area contributed by atoms with E-state index in [-0.39, 0.29) is 11.5 Å². The van der Waals surface area contributed by atoms with Crippen molar-refractivity contribution in [2.45, 2.75) is 18.7 Å². The second kappa shape index (κ2) is 6.60. The fraction of sp³-hybridized carbons (Fsp3) is 0.250. The van der Waals surface area contributed by atoms with Gasteiger partial charge in [0.2, 0.25) is 0 Å². The van der Waals surface area contributed by atoms with Crippen molar-refractivity contribution in [3.63, 3.8) is 0 Å². The largest absolute Gasteiger partial charge is 0.323 e. The Hall–Kier alpha value is -1.36. The van der Waals surface area contributed by atoms with Crippen LogP contribution < -0.4 is 5.73 Å². The Labute approximate surface area is 130 Å². The van der Waals surface area contributed by atoms with Crippen molar-refractivity contribution in [3.8, 4) is 0 Å². The molecule has 2 aromatic carbocycles. The van der Waals surface area contributed by atoms with Crippen LogP contribution in [0.5, 0.6) is 0 Å². The third-order valence-electron chi connectivity index (χ3n) is 3.35. The minimum absolute atomic E-state index is 0.0910. The van der Waals surface area contributed by atoms with Crippen LogP contribution in [0, 0.1) is 6.92 Å². The van der Waals surface area contributed by atoms with Crippen molar-refractivity contribution in [1.29, 1.82) is 0 Å². The summed E-state index contributed by atoms with van der Waals surface area (Å²) in [7, 11) is -3.33. The molecule has 21 heavy (non-hydrogen) atoms. The number of rotatable bonds is 5. The number of aryl methyl sites for hydroxylation is 1. The number of hydrogen-bond donors (Lipinski definition) is 1. The standard InChI is InChI=1S/C16H18ClNO2S/c1-12-6-2-4-8-14(12)16(18)11-21(19,20)10-13-7-3-5-9-15(13)17/h2-9,16H,10-11,18H2,1H3. The Bertz CT molecular complexity index is 729. The highest BCUT2D eigenvalue weighted by Crippen LogP contribution is 2.21. The fourth-order valence-corrected chi connectivity index (χ4v) is 4.13. The lowest BCUT2D eigenvalue weighted by molar-refractivity contribution is 0.588. The zero-order valence-electron chi connectivity index (χ0n) is 11.8. The average molecular weight is 324 g/mol. The number of benzene rings is 2. The molecular weight excluding hydrogens is 306 g/mol. The van der Waals surface area contributed by atoms with E-state index in [9.17, 15) is 8.42 Å². The smallest absolute Gasteiger partial charge is 0.156 e. The normalized spacial score (nSPS) is 13.1. The van der Waals surface area contributed by atoms with E-state index in [2.05, 4.69) is 0 Å². The van der Waals surface area contributed by atoms with Crippen molar-refractivity contribution in [2.24, 2.45) is 5.73 Å². The molecule has 0 fully saturated rings. The Morgan fingerprint density at radius 3 is 2.38 bits per heavy atom. The summed E-state index contributed by atoms with van der Waals surface area (Å²) in [6.45, 7) is 1.93. The van der Waals surface area contributed by atoms with E-state index >= 15 is 0 Å². The predicted octanol–water partition coefficient (Wildman–Crippen LogP) is 3.26. The van der Waals surface area contributed by atoms with Crippen LogP contribution in [0.25, 0.3) is 0 Å². The Kier molecular flexibility index (Phi) is 5.04. The van der Waals surface area contributed by atoms with E-state index < -0.39 is 15.9 Å². The van der Waals surface area contributed by atoms with E-state index in [0.29, 0.717) is 10.6 Å². The maximum absolute atomic E-state index is 12.3. The molecule has 0 aliphatic rings. The van der Waals surface area contributed by atoms with Gasteiger partial charge in [0.05, 0.1) is 11.5 Å². The molecule has 1 unspecified atom stereocenters. The van der Waals surface area contributed by atoms with Crippen molar-refractivity contribution in [2.75, 3.05) is 5.75 Å². The van der Waals surface area contributed by atoms with E-state index in [0.717, 1.165) is 11.1 Å². The van der Waals surface area contributed by atoms with Crippen molar-refractivity contribution in [1.82, 2.24) is 0 Å². The lowest BCUT2D eigenvalue weighted by Gasteiger charge is -2.15. The van der Waals surface area contributed by atoms with Gasteiger partial charge in [0, 0.05) is 11.1 Å². The highest BCUT2D eigenvalue weighted by Gasteiger charge is 2.20. The van der Waals surface area contributed by atoms with Crippen LogP contribution in [0.3, 0.4) is 0 Å². The van der Waals surface area contributed by atoms with E-state index in [4.69, 9.17) is 17.3 Å². The van der Waals surface area contributed by atoms with Crippen LogP contribution >= 0.6 is 11.6 Å². The van der Waals surface area contributed by atoms with Crippen LogP contribution in [-0.2, 0) is 15.6 Å². The van der Waals surface area contributed by atoms with Gasteiger partial charge in [-0.15, -0.1) is 0 Å². The fourth-order valence-electron chi connectivity index (χ4n) is 2.28. The molecule has 112 valence electrons. The number of halogens is 1. The van der Waals surface area contributed by atoms with Crippen LogP contribution in [0.4, 0.5) is 0 Å².